The van der Waals surface area contributed by atoms with Crippen molar-refractivity contribution < 1.29 is 9.53 Å². The summed E-state index contributed by atoms with van der Waals surface area (Å²) in [5.74, 6) is 0.899. The number of aromatic amines is 1. The first kappa shape index (κ1) is 19.9. The molecule has 4 rings (SSSR count). The Bertz CT molecular complexity index is 1050. The zero-order chi connectivity index (χ0) is 20.5. The molecule has 0 radical (unpaired) electrons. The Morgan fingerprint density at radius 2 is 2.21 bits per heavy atom. The molecule has 1 aromatic heterocycles. The maximum absolute atomic E-state index is 13.0. The lowest BCUT2D eigenvalue weighted by Gasteiger charge is -2.30. The van der Waals surface area contributed by atoms with E-state index in [0.29, 0.717) is 28.9 Å². The van der Waals surface area contributed by atoms with E-state index in [1.54, 1.807) is 13.2 Å². The molecular formula is C22H25ClN4O2. The largest absolute Gasteiger partial charge is 0.382 e. The summed E-state index contributed by atoms with van der Waals surface area (Å²) in [5, 5.41) is 3.68. The number of methoxy groups -OCH3 is 1. The van der Waals surface area contributed by atoms with Gasteiger partial charge in [-0.3, -0.25) is 4.79 Å². The molecule has 2 atom stereocenters. The second-order valence-corrected chi connectivity index (χ2v) is 8.21. The molecular weight excluding hydrogens is 388 g/mol. The molecule has 2 N–H and O–H groups in total. The van der Waals surface area contributed by atoms with Crippen molar-refractivity contribution in [1.29, 1.82) is 0 Å². The van der Waals surface area contributed by atoms with E-state index < -0.39 is 6.04 Å². The third-order valence-corrected chi connectivity index (χ3v) is 5.63. The fourth-order valence-corrected chi connectivity index (χ4v) is 4.19. The number of benzene rings is 2. The number of hydrogen-bond acceptors (Lipinski definition) is 4. The van der Waals surface area contributed by atoms with E-state index in [2.05, 4.69) is 40.2 Å². The van der Waals surface area contributed by atoms with Crippen LogP contribution in [0, 0.1) is 0 Å². The SMILES string of the molecule is COC[C@H](NC(=O)c1ccc2c(c1)C(C)CN(C)C2)c1nc2cc(Cl)ccc2[nH]1. The Morgan fingerprint density at radius 3 is 3.00 bits per heavy atom. The highest BCUT2D eigenvalue weighted by Gasteiger charge is 2.23. The first-order valence-corrected chi connectivity index (χ1v) is 10.1. The molecule has 0 saturated carbocycles. The van der Waals surface area contributed by atoms with Crippen molar-refractivity contribution in [3.8, 4) is 0 Å². The second kappa shape index (κ2) is 8.14. The maximum Gasteiger partial charge on any atom is 0.251 e. The molecule has 152 valence electrons. The number of nitrogens with zero attached hydrogens (tertiary/aromatic N) is 2. The Balaban J connectivity index is 1.58. The number of aromatic nitrogens is 2. The number of imidazole rings is 1. The number of carbonyl (C=O) groups excluding carboxylic acids is 1. The number of likely N-dealkylation sites (N-methyl/N-ethyl adjacent to an activating group) is 1. The van der Waals surface area contributed by atoms with Crippen molar-refractivity contribution in [3.63, 3.8) is 0 Å². The van der Waals surface area contributed by atoms with Gasteiger partial charge in [0.05, 0.1) is 17.6 Å². The quantitative estimate of drug-likeness (QED) is 0.667. The molecule has 0 fully saturated rings. The highest BCUT2D eigenvalue weighted by atomic mass is 35.5. The average Bonchev–Trinajstić information content (AvgIpc) is 3.10. The van der Waals surface area contributed by atoms with Crippen molar-refractivity contribution in [2.75, 3.05) is 27.3 Å². The first-order valence-electron chi connectivity index (χ1n) is 9.71. The van der Waals surface area contributed by atoms with Gasteiger partial charge < -0.3 is 19.9 Å². The Kier molecular flexibility index (Phi) is 5.58. The Morgan fingerprint density at radius 1 is 1.38 bits per heavy atom. The molecule has 29 heavy (non-hydrogen) atoms. The lowest BCUT2D eigenvalue weighted by Crippen LogP contribution is -2.33. The van der Waals surface area contributed by atoms with Crippen LogP contribution in [0.15, 0.2) is 36.4 Å². The van der Waals surface area contributed by atoms with E-state index >= 15 is 0 Å². The number of carbonyl (C=O) groups is 1. The molecule has 2 aromatic carbocycles. The Hall–Kier alpha value is -2.41. The maximum atomic E-state index is 13.0. The first-order chi connectivity index (χ1) is 13.9. The van der Waals surface area contributed by atoms with Crippen LogP contribution in [-0.2, 0) is 11.3 Å². The van der Waals surface area contributed by atoms with E-state index in [1.807, 2.05) is 24.3 Å². The number of nitrogens with one attached hydrogen (secondary N) is 2. The van der Waals surface area contributed by atoms with E-state index in [1.165, 1.54) is 11.1 Å². The van der Waals surface area contributed by atoms with E-state index in [-0.39, 0.29) is 5.91 Å². The van der Waals surface area contributed by atoms with Crippen LogP contribution in [0.5, 0.6) is 0 Å². The fourth-order valence-electron chi connectivity index (χ4n) is 4.02. The molecule has 0 saturated heterocycles. The van der Waals surface area contributed by atoms with Crippen molar-refractivity contribution in [3.05, 3.63) is 63.9 Å². The molecule has 0 bridgehead atoms. The summed E-state index contributed by atoms with van der Waals surface area (Å²) in [6.45, 7) is 4.41. The summed E-state index contributed by atoms with van der Waals surface area (Å²) in [5.41, 5.74) is 4.81. The van der Waals surface area contributed by atoms with Gasteiger partial charge in [0.2, 0.25) is 0 Å². The van der Waals surface area contributed by atoms with E-state index in [9.17, 15) is 4.79 Å². The van der Waals surface area contributed by atoms with E-state index in [0.717, 1.165) is 24.1 Å². The number of H-pyrrole nitrogens is 1. The van der Waals surface area contributed by atoms with Crippen molar-refractivity contribution in [1.82, 2.24) is 20.2 Å². The predicted octanol–water partition coefficient (Wildman–Crippen LogP) is 3.88. The van der Waals surface area contributed by atoms with Crippen LogP contribution in [0.3, 0.4) is 0 Å². The summed E-state index contributed by atoms with van der Waals surface area (Å²) < 4.78 is 5.33. The normalized spacial score (nSPS) is 17.9. The van der Waals surface area contributed by atoms with Gasteiger partial charge in [-0.15, -0.1) is 0 Å². The molecule has 1 unspecified atom stereocenters. The minimum Gasteiger partial charge on any atom is -0.382 e. The monoisotopic (exact) mass is 412 g/mol. The zero-order valence-electron chi connectivity index (χ0n) is 16.8. The van der Waals surface area contributed by atoms with Gasteiger partial charge in [-0.05, 0) is 54.4 Å². The van der Waals surface area contributed by atoms with Gasteiger partial charge in [0.1, 0.15) is 11.9 Å². The van der Waals surface area contributed by atoms with Gasteiger partial charge >= 0.3 is 0 Å². The van der Waals surface area contributed by atoms with Crippen molar-refractivity contribution in [2.24, 2.45) is 0 Å². The summed E-state index contributed by atoms with van der Waals surface area (Å²) in [7, 11) is 3.73. The van der Waals surface area contributed by atoms with Gasteiger partial charge in [0.15, 0.2) is 0 Å². The summed E-state index contributed by atoms with van der Waals surface area (Å²) in [6.07, 6.45) is 0. The smallest absolute Gasteiger partial charge is 0.251 e. The topological polar surface area (TPSA) is 70.2 Å². The van der Waals surface area contributed by atoms with Gasteiger partial charge in [-0.1, -0.05) is 24.6 Å². The van der Waals surface area contributed by atoms with Gasteiger partial charge in [0, 0.05) is 30.8 Å². The fraction of sp³-hybridized carbons (Fsp3) is 0.364. The van der Waals surface area contributed by atoms with Gasteiger partial charge in [-0.2, -0.15) is 0 Å². The molecule has 1 aliphatic heterocycles. The molecule has 1 aliphatic rings. The standard InChI is InChI=1S/C22H25ClN4O2/c1-13-10-27(2)11-15-5-4-14(8-17(13)15)22(28)26-20(12-29-3)21-24-18-7-6-16(23)9-19(18)25-21/h4-9,13,20H,10-12H2,1-3H3,(H,24,25)(H,26,28)/t13?,20-/m0/s1. The molecule has 3 aromatic rings. The number of amides is 1. The lowest BCUT2D eigenvalue weighted by molar-refractivity contribution is 0.0892. The van der Waals surface area contributed by atoms with Crippen LogP contribution in [0.2, 0.25) is 5.02 Å². The molecule has 6 nitrogen and oxygen atoms in total. The van der Waals surface area contributed by atoms with Crippen LogP contribution in [0.25, 0.3) is 11.0 Å². The third-order valence-electron chi connectivity index (χ3n) is 5.40. The lowest BCUT2D eigenvalue weighted by atomic mass is 9.90. The minimum absolute atomic E-state index is 0.139. The highest BCUT2D eigenvalue weighted by molar-refractivity contribution is 6.31. The van der Waals surface area contributed by atoms with Crippen molar-refractivity contribution >= 4 is 28.5 Å². The van der Waals surface area contributed by atoms with Crippen LogP contribution in [0.4, 0.5) is 0 Å². The van der Waals surface area contributed by atoms with Crippen LogP contribution in [0.1, 0.15) is 46.2 Å². The average molecular weight is 413 g/mol. The number of fused-ring (bicyclic) bond motifs is 2. The summed E-state index contributed by atoms with van der Waals surface area (Å²) >= 11 is 6.06. The van der Waals surface area contributed by atoms with E-state index in [4.69, 9.17) is 16.3 Å². The highest BCUT2D eigenvalue weighted by Crippen LogP contribution is 2.28. The molecule has 0 spiro atoms. The van der Waals surface area contributed by atoms with Crippen LogP contribution in [-0.4, -0.2) is 48.1 Å². The number of halogens is 1. The molecule has 0 aliphatic carbocycles. The summed E-state index contributed by atoms with van der Waals surface area (Å²) in [6, 6.07) is 11.1. The molecule has 7 heteroatoms. The predicted molar refractivity (Wildman–Crippen MR) is 114 cm³/mol. The number of hydrogen-bond donors (Lipinski definition) is 2. The summed E-state index contributed by atoms with van der Waals surface area (Å²) in [4.78, 5) is 23.1. The van der Waals surface area contributed by atoms with Crippen molar-refractivity contribution in [2.45, 2.75) is 25.4 Å². The second-order valence-electron chi connectivity index (χ2n) is 7.78. The number of ether oxygens (including phenoxy) is 1. The Labute approximate surface area is 175 Å². The molecule has 1 amide bonds. The number of rotatable bonds is 5. The zero-order valence-corrected chi connectivity index (χ0v) is 17.6. The molecule has 2 heterocycles. The third kappa shape index (κ3) is 4.15. The van der Waals surface area contributed by atoms with Gasteiger partial charge in [0.25, 0.3) is 5.91 Å². The van der Waals surface area contributed by atoms with Crippen LogP contribution < -0.4 is 5.32 Å². The van der Waals surface area contributed by atoms with Gasteiger partial charge in [-0.25, -0.2) is 4.98 Å². The minimum atomic E-state index is -0.390. The van der Waals surface area contributed by atoms with Crippen LogP contribution >= 0.6 is 11.6 Å².